The van der Waals surface area contributed by atoms with Gasteiger partial charge in [0, 0.05) is 16.1 Å². The molecule has 3 aromatic rings. The highest BCUT2D eigenvalue weighted by molar-refractivity contribution is 7.98. The van der Waals surface area contributed by atoms with Crippen LogP contribution in [0.25, 0.3) is 22.4 Å². The standard InChI is InChI=1S/C16H13ClN2S/c1-20-16-14(11-7-9-13(17)10-8-11)15(18-19-16)12-5-3-2-4-6-12/h2-10H,1H3,(H,18,19). The molecule has 0 spiro atoms. The van der Waals surface area contributed by atoms with Crippen molar-refractivity contribution in [2.75, 3.05) is 6.26 Å². The molecule has 0 saturated carbocycles. The van der Waals surface area contributed by atoms with Gasteiger partial charge in [-0.05, 0) is 24.0 Å². The fraction of sp³-hybridized carbons (Fsp3) is 0.0625. The highest BCUT2D eigenvalue weighted by atomic mass is 35.5. The SMILES string of the molecule is CSc1n[nH]c(-c2ccccc2)c1-c1ccc(Cl)cc1. The van der Waals surface area contributed by atoms with Gasteiger partial charge in [-0.25, -0.2) is 0 Å². The Morgan fingerprint density at radius 1 is 0.950 bits per heavy atom. The summed E-state index contributed by atoms with van der Waals surface area (Å²) < 4.78 is 0. The number of thioether (sulfide) groups is 1. The third-order valence-corrected chi connectivity index (χ3v) is 4.06. The van der Waals surface area contributed by atoms with Crippen LogP contribution in [0.2, 0.25) is 5.02 Å². The van der Waals surface area contributed by atoms with Gasteiger partial charge < -0.3 is 0 Å². The molecule has 2 nitrogen and oxygen atoms in total. The van der Waals surface area contributed by atoms with Crippen LogP contribution in [-0.2, 0) is 0 Å². The summed E-state index contributed by atoms with van der Waals surface area (Å²) >= 11 is 7.61. The molecule has 100 valence electrons. The number of rotatable bonds is 3. The van der Waals surface area contributed by atoms with E-state index in [1.807, 2.05) is 48.7 Å². The maximum absolute atomic E-state index is 5.97. The zero-order valence-electron chi connectivity index (χ0n) is 10.9. The van der Waals surface area contributed by atoms with Gasteiger partial charge in [0.15, 0.2) is 0 Å². The molecule has 0 unspecified atom stereocenters. The van der Waals surface area contributed by atoms with Crippen LogP contribution in [0, 0.1) is 0 Å². The average molecular weight is 301 g/mol. The lowest BCUT2D eigenvalue weighted by atomic mass is 10.0. The fourth-order valence-corrected chi connectivity index (χ4v) is 2.86. The largest absolute Gasteiger partial charge is 0.276 e. The van der Waals surface area contributed by atoms with E-state index in [4.69, 9.17) is 11.6 Å². The van der Waals surface area contributed by atoms with Gasteiger partial charge in [-0.15, -0.1) is 11.8 Å². The Bertz CT molecular complexity index is 705. The zero-order chi connectivity index (χ0) is 13.9. The van der Waals surface area contributed by atoms with E-state index in [2.05, 4.69) is 22.3 Å². The van der Waals surface area contributed by atoms with Crippen LogP contribution < -0.4 is 0 Å². The van der Waals surface area contributed by atoms with Gasteiger partial charge in [0.05, 0.1) is 5.69 Å². The molecule has 1 N–H and O–H groups in total. The summed E-state index contributed by atoms with van der Waals surface area (Å²) in [7, 11) is 0. The Kier molecular flexibility index (Phi) is 3.81. The van der Waals surface area contributed by atoms with Crippen molar-refractivity contribution in [1.29, 1.82) is 0 Å². The summed E-state index contributed by atoms with van der Waals surface area (Å²) in [6.45, 7) is 0. The van der Waals surface area contributed by atoms with Gasteiger partial charge in [0.1, 0.15) is 5.03 Å². The first-order valence-electron chi connectivity index (χ1n) is 6.23. The second-order valence-electron chi connectivity index (χ2n) is 4.36. The zero-order valence-corrected chi connectivity index (χ0v) is 12.5. The van der Waals surface area contributed by atoms with Crippen LogP contribution >= 0.6 is 23.4 Å². The average Bonchev–Trinajstić information content (AvgIpc) is 2.93. The molecule has 0 atom stereocenters. The Balaban J connectivity index is 2.18. The first-order chi connectivity index (χ1) is 9.79. The molecule has 0 aliphatic rings. The molecule has 1 aromatic heterocycles. The number of nitrogens with one attached hydrogen (secondary N) is 1. The molecule has 0 fully saturated rings. The van der Waals surface area contributed by atoms with Crippen LogP contribution in [0.5, 0.6) is 0 Å². The lowest BCUT2D eigenvalue weighted by Crippen LogP contribution is -1.83. The molecule has 0 bridgehead atoms. The molecular formula is C16H13ClN2S. The molecule has 1 heterocycles. The minimum Gasteiger partial charge on any atom is -0.276 e. The van der Waals surface area contributed by atoms with Crippen LogP contribution in [0.1, 0.15) is 0 Å². The van der Waals surface area contributed by atoms with Gasteiger partial charge in [-0.3, -0.25) is 5.10 Å². The van der Waals surface area contributed by atoms with Crippen LogP contribution in [0.4, 0.5) is 0 Å². The summed E-state index contributed by atoms with van der Waals surface area (Å²) in [4.78, 5) is 0. The Morgan fingerprint density at radius 3 is 2.30 bits per heavy atom. The van der Waals surface area contributed by atoms with Crippen LogP contribution in [-0.4, -0.2) is 16.5 Å². The topological polar surface area (TPSA) is 28.7 Å². The predicted molar refractivity (Wildman–Crippen MR) is 86.3 cm³/mol. The van der Waals surface area contributed by atoms with Crippen molar-refractivity contribution < 1.29 is 0 Å². The third-order valence-electron chi connectivity index (χ3n) is 3.12. The highest BCUT2D eigenvalue weighted by Crippen LogP contribution is 2.37. The van der Waals surface area contributed by atoms with Crippen molar-refractivity contribution in [2.24, 2.45) is 0 Å². The van der Waals surface area contributed by atoms with Crippen molar-refractivity contribution in [3.05, 3.63) is 59.6 Å². The fourth-order valence-electron chi connectivity index (χ4n) is 2.17. The molecule has 0 saturated heterocycles. The first-order valence-corrected chi connectivity index (χ1v) is 7.83. The van der Waals surface area contributed by atoms with Crippen molar-refractivity contribution in [1.82, 2.24) is 10.2 Å². The van der Waals surface area contributed by atoms with E-state index in [1.54, 1.807) is 11.8 Å². The van der Waals surface area contributed by atoms with E-state index in [9.17, 15) is 0 Å². The molecule has 3 rings (SSSR count). The molecule has 20 heavy (non-hydrogen) atoms. The maximum Gasteiger partial charge on any atom is 0.126 e. The number of aromatic amines is 1. The van der Waals surface area contributed by atoms with E-state index in [0.717, 1.165) is 32.4 Å². The third kappa shape index (κ3) is 2.47. The van der Waals surface area contributed by atoms with Crippen LogP contribution in [0.3, 0.4) is 0 Å². The molecule has 2 aromatic carbocycles. The van der Waals surface area contributed by atoms with Gasteiger partial charge in [0.25, 0.3) is 0 Å². The van der Waals surface area contributed by atoms with Gasteiger partial charge in [-0.2, -0.15) is 5.10 Å². The van der Waals surface area contributed by atoms with Crippen molar-refractivity contribution in [3.8, 4) is 22.4 Å². The Hall–Kier alpha value is -1.71. The Morgan fingerprint density at radius 2 is 1.65 bits per heavy atom. The van der Waals surface area contributed by atoms with Crippen molar-refractivity contribution in [2.45, 2.75) is 5.03 Å². The number of hydrogen-bond donors (Lipinski definition) is 1. The number of hydrogen-bond acceptors (Lipinski definition) is 2. The van der Waals surface area contributed by atoms with E-state index < -0.39 is 0 Å². The predicted octanol–water partition coefficient (Wildman–Crippen LogP) is 5.12. The molecular weight excluding hydrogens is 288 g/mol. The number of halogens is 1. The van der Waals surface area contributed by atoms with Gasteiger partial charge in [0.2, 0.25) is 0 Å². The molecule has 0 aliphatic carbocycles. The van der Waals surface area contributed by atoms with Gasteiger partial charge >= 0.3 is 0 Å². The first kappa shape index (κ1) is 13.3. The summed E-state index contributed by atoms with van der Waals surface area (Å²) in [5, 5.41) is 9.30. The van der Waals surface area contributed by atoms with E-state index >= 15 is 0 Å². The smallest absolute Gasteiger partial charge is 0.126 e. The lowest BCUT2D eigenvalue weighted by molar-refractivity contribution is 1.01. The lowest BCUT2D eigenvalue weighted by Gasteiger charge is -2.05. The molecule has 0 radical (unpaired) electrons. The second-order valence-corrected chi connectivity index (χ2v) is 5.59. The minimum absolute atomic E-state index is 0.740. The second kappa shape index (κ2) is 5.73. The number of aromatic nitrogens is 2. The number of H-pyrrole nitrogens is 1. The molecule has 0 amide bonds. The molecule has 4 heteroatoms. The minimum atomic E-state index is 0.740. The number of nitrogens with zero attached hydrogens (tertiary/aromatic N) is 1. The van der Waals surface area contributed by atoms with Crippen molar-refractivity contribution in [3.63, 3.8) is 0 Å². The summed E-state index contributed by atoms with van der Waals surface area (Å²) in [5.74, 6) is 0. The Labute approximate surface area is 127 Å². The summed E-state index contributed by atoms with van der Waals surface area (Å²) in [6, 6.07) is 18.1. The summed E-state index contributed by atoms with van der Waals surface area (Å²) in [6.07, 6.45) is 2.03. The quantitative estimate of drug-likeness (QED) is 0.680. The van der Waals surface area contributed by atoms with E-state index in [1.165, 1.54) is 0 Å². The summed E-state index contributed by atoms with van der Waals surface area (Å²) in [5.41, 5.74) is 4.41. The maximum atomic E-state index is 5.97. The van der Waals surface area contributed by atoms with E-state index in [-0.39, 0.29) is 0 Å². The number of benzene rings is 2. The normalized spacial score (nSPS) is 10.7. The van der Waals surface area contributed by atoms with Crippen molar-refractivity contribution >= 4 is 23.4 Å². The van der Waals surface area contributed by atoms with Gasteiger partial charge in [-0.1, -0.05) is 54.1 Å². The van der Waals surface area contributed by atoms with Crippen LogP contribution in [0.15, 0.2) is 59.6 Å². The molecule has 0 aliphatic heterocycles. The highest BCUT2D eigenvalue weighted by Gasteiger charge is 2.15. The monoisotopic (exact) mass is 300 g/mol. The van der Waals surface area contributed by atoms with E-state index in [0.29, 0.717) is 0 Å².